The minimum absolute atomic E-state index is 0.224. The number of aromatic nitrogens is 4. The highest BCUT2D eigenvalue weighted by atomic mass is 16.7. The number of hydrogen-bond donors (Lipinski definition) is 0. The van der Waals surface area contributed by atoms with Crippen molar-refractivity contribution in [1.29, 1.82) is 0 Å². The minimum Gasteiger partial charge on any atom is -0.274 e. The first-order valence-electron chi connectivity index (χ1n) is 6.91. The van der Waals surface area contributed by atoms with E-state index in [0.717, 1.165) is 17.7 Å². The molecule has 0 aliphatic heterocycles. The fourth-order valence-electron chi connectivity index (χ4n) is 3.09. The monoisotopic (exact) mass is 285 g/mol. The fraction of sp³-hybridized carbons (Fsp3) is 0.429. The van der Waals surface area contributed by atoms with Gasteiger partial charge in [0.05, 0.1) is 19.0 Å². The largest absolute Gasteiger partial charge is 0.297 e. The number of hydroxylamine groups is 2. The molecule has 1 amide bonds. The molecule has 1 fully saturated rings. The van der Waals surface area contributed by atoms with Crippen molar-refractivity contribution in [1.82, 2.24) is 24.8 Å². The van der Waals surface area contributed by atoms with E-state index in [4.69, 9.17) is 4.84 Å². The van der Waals surface area contributed by atoms with Gasteiger partial charge >= 0.3 is 0 Å². The van der Waals surface area contributed by atoms with Crippen molar-refractivity contribution in [3.05, 3.63) is 35.5 Å². The second-order valence-corrected chi connectivity index (χ2v) is 5.48. The Morgan fingerprint density at radius 3 is 3.05 bits per heavy atom. The topological polar surface area (TPSA) is 73.1 Å². The number of rotatable bonds is 3. The van der Waals surface area contributed by atoms with Crippen LogP contribution >= 0.6 is 0 Å². The molecule has 2 atom stereocenters. The van der Waals surface area contributed by atoms with Gasteiger partial charge in [0.1, 0.15) is 0 Å². The molecule has 1 saturated carbocycles. The zero-order valence-corrected chi connectivity index (χ0v) is 11.9. The van der Waals surface area contributed by atoms with Crippen LogP contribution in [0.4, 0.5) is 0 Å². The summed E-state index contributed by atoms with van der Waals surface area (Å²) < 4.78 is 1.77. The molecule has 2 aliphatic rings. The van der Waals surface area contributed by atoms with E-state index < -0.39 is 0 Å². The first kappa shape index (κ1) is 12.5. The van der Waals surface area contributed by atoms with E-state index in [9.17, 15) is 4.79 Å². The van der Waals surface area contributed by atoms with Gasteiger partial charge in [-0.25, -0.2) is 14.7 Å². The van der Waals surface area contributed by atoms with Crippen LogP contribution in [-0.4, -0.2) is 44.9 Å². The Morgan fingerprint density at radius 2 is 2.33 bits per heavy atom. The lowest BCUT2D eigenvalue weighted by atomic mass is 10.1. The number of hydrogen-bond acceptors (Lipinski definition) is 5. The maximum absolute atomic E-state index is 12.4. The van der Waals surface area contributed by atoms with E-state index in [-0.39, 0.29) is 5.91 Å². The predicted molar refractivity (Wildman–Crippen MR) is 72.8 cm³/mol. The third-order valence-electron chi connectivity index (χ3n) is 4.29. The molecule has 0 aromatic carbocycles. The number of carbonyl (C=O) groups is 1. The van der Waals surface area contributed by atoms with Crippen molar-refractivity contribution in [2.24, 2.45) is 5.92 Å². The molecule has 0 bridgehead atoms. The molecule has 0 N–H and O–H groups in total. The molecule has 0 radical (unpaired) electrons. The van der Waals surface area contributed by atoms with Gasteiger partial charge in [-0.15, -0.1) is 0 Å². The normalized spacial score (nSPS) is 21.8. The minimum atomic E-state index is -0.224. The Balaban J connectivity index is 1.84. The average Bonchev–Trinajstić information content (AvgIpc) is 3.03. The predicted octanol–water partition coefficient (Wildman–Crippen LogP) is 0.955. The first-order valence-corrected chi connectivity index (χ1v) is 6.91. The molecule has 0 spiro atoms. The lowest BCUT2D eigenvalue weighted by Crippen LogP contribution is -2.26. The second-order valence-electron chi connectivity index (χ2n) is 5.48. The van der Waals surface area contributed by atoms with E-state index in [2.05, 4.69) is 15.1 Å². The van der Waals surface area contributed by atoms with E-state index in [1.54, 1.807) is 30.3 Å². The Labute approximate surface area is 121 Å². The van der Waals surface area contributed by atoms with Crippen molar-refractivity contribution in [3.63, 3.8) is 0 Å². The summed E-state index contributed by atoms with van der Waals surface area (Å²) in [7, 11) is 3.06. The first-order chi connectivity index (χ1) is 10.2. The van der Waals surface area contributed by atoms with Crippen LogP contribution in [0.1, 0.15) is 34.1 Å². The highest BCUT2D eigenvalue weighted by Gasteiger charge is 2.50. The second kappa shape index (κ2) is 4.36. The fourth-order valence-corrected chi connectivity index (χ4v) is 3.09. The van der Waals surface area contributed by atoms with E-state index >= 15 is 0 Å². The van der Waals surface area contributed by atoms with Crippen LogP contribution in [0.5, 0.6) is 0 Å². The van der Waals surface area contributed by atoms with Gasteiger partial charge in [-0.3, -0.25) is 14.6 Å². The van der Waals surface area contributed by atoms with Crippen LogP contribution < -0.4 is 0 Å². The van der Waals surface area contributed by atoms with Crippen molar-refractivity contribution < 1.29 is 9.63 Å². The Hall–Kier alpha value is -2.28. The van der Waals surface area contributed by atoms with Gasteiger partial charge in [0.15, 0.2) is 11.5 Å². The Bertz CT molecular complexity index is 712. The number of amides is 1. The lowest BCUT2D eigenvalue weighted by Gasteiger charge is -2.12. The molecule has 2 aromatic heterocycles. The standard InChI is InChI=1S/C14H15N5O2/c1-18(21-2)14(20)12-10-6-8-5-9(8)13(10)19(17-12)11-7-15-3-4-16-11/h3-4,7-9H,5-6H2,1-2H3/t8-,9-/m0/s1. The summed E-state index contributed by atoms with van der Waals surface area (Å²) in [4.78, 5) is 25.8. The van der Waals surface area contributed by atoms with Crippen LogP contribution in [0.3, 0.4) is 0 Å². The van der Waals surface area contributed by atoms with Gasteiger partial charge in [-0.2, -0.15) is 5.10 Å². The summed E-state index contributed by atoms with van der Waals surface area (Å²) in [6, 6.07) is 0. The van der Waals surface area contributed by atoms with Gasteiger partial charge in [-0.1, -0.05) is 0 Å². The summed E-state index contributed by atoms with van der Waals surface area (Å²) in [5, 5.41) is 5.69. The van der Waals surface area contributed by atoms with E-state index in [1.165, 1.54) is 18.6 Å². The van der Waals surface area contributed by atoms with Crippen LogP contribution in [-0.2, 0) is 11.3 Å². The molecular formula is C14H15N5O2. The lowest BCUT2D eigenvalue weighted by molar-refractivity contribution is -0.0761. The zero-order valence-electron chi connectivity index (χ0n) is 11.9. The molecule has 108 valence electrons. The van der Waals surface area contributed by atoms with Crippen LogP contribution in [0.25, 0.3) is 5.82 Å². The molecule has 0 saturated heterocycles. The maximum Gasteiger partial charge on any atom is 0.297 e. The summed E-state index contributed by atoms with van der Waals surface area (Å²) in [6.45, 7) is 0. The Kier molecular flexibility index (Phi) is 2.58. The highest BCUT2D eigenvalue weighted by molar-refractivity contribution is 5.93. The van der Waals surface area contributed by atoms with Crippen LogP contribution in [0, 0.1) is 5.92 Å². The molecule has 7 nitrogen and oxygen atoms in total. The summed E-state index contributed by atoms with van der Waals surface area (Å²) >= 11 is 0. The molecule has 4 rings (SSSR count). The molecule has 2 heterocycles. The quantitative estimate of drug-likeness (QED) is 0.785. The number of nitrogens with zero attached hydrogens (tertiary/aromatic N) is 5. The van der Waals surface area contributed by atoms with Gasteiger partial charge in [0, 0.05) is 30.9 Å². The molecule has 0 unspecified atom stereocenters. The number of carbonyl (C=O) groups excluding carboxylic acids is 1. The van der Waals surface area contributed by atoms with Crippen LogP contribution in [0.2, 0.25) is 0 Å². The third-order valence-corrected chi connectivity index (χ3v) is 4.29. The average molecular weight is 285 g/mol. The van der Waals surface area contributed by atoms with Gasteiger partial charge < -0.3 is 0 Å². The van der Waals surface area contributed by atoms with E-state index in [0.29, 0.717) is 23.3 Å². The number of fused-ring (bicyclic) bond motifs is 3. The van der Waals surface area contributed by atoms with Gasteiger partial charge in [-0.05, 0) is 18.8 Å². The summed E-state index contributed by atoms with van der Waals surface area (Å²) in [5.74, 6) is 1.59. The van der Waals surface area contributed by atoms with Crippen molar-refractivity contribution in [2.75, 3.05) is 14.2 Å². The molecule has 21 heavy (non-hydrogen) atoms. The highest BCUT2D eigenvalue weighted by Crippen LogP contribution is 2.57. The van der Waals surface area contributed by atoms with E-state index in [1.807, 2.05) is 0 Å². The SMILES string of the molecule is CON(C)C(=O)c1nn(-c2cnccn2)c2c1C[C@@H]1C[C@H]21. The van der Waals surface area contributed by atoms with Crippen molar-refractivity contribution >= 4 is 5.91 Å². The van der Waals surface area contributed by atoms with Gasteiger partial charge in [0.25, 0.3) is 5.91 Å². The van der Waals surface area contributed by atoms with Gasteiger partial charge in [0.2, 0.25) is 0 Å². The summed E-state index contributed by atoms with van der Waals surface area (Å²) in [6.07, 6.45) is 7.01. The third kappa shape index (κ3) is 1.77. The molecule has 2 aliphatic carbocycles. The smallest absolute Gasteiger partial charge is 0.274 e. The zero-order chi connectivity index (χ0) is 14.6. The molecule has 7 heteroatoms. The molecular weight excluding hydrogens is 270 g/mol. The van der Waals surface area contributed by atoms with Crippen molar-refractivity contribution in [3.8, 4) is 5.82 Å². The molecule has 2 aromatic rings. The maximum atomic E-state index is 12.4. The summed E-state index contributed by atoms with van der Waals surface area (Å²) in [5.41, 5.74) is 2.62. The Morgan fingerprint density at radius 1 is 1.48 bits per heavy atom. The van der Waals surface area contributed by atoms with Crippen LogP contribution in [0.15, 0.2) is 18.6 Å². The van der Waals surface area contributed by atoms with Crippen molar-refractivity contribution in [2.45, 2.75) is 18.8 Å².